The average molecular weight is 327 g/mol. The number of hydrogen-bond acceptors (Lipinski definition) is 4. The van der Waals surface area contributed by atoms with Crippen molar-refractivity contribution < 1.29 is 19.4 Å². The number of rotatable bonds is 5. The molecule has 1 unspecified atom stereocenters. The van der Waals surface area contributed by atoms with Crippen LogP contribution in [0, 0.1) is 0 Å². The summed E-state index contributed by atoms with van der Waals surface area (Å²) >= 11 is 0. The summed E-state index contributed by atoms with van der Waals surface area (Å²) in [5, 5.41) is 9.69. The van der Waals surface area contributed by atoms with Crippen LogP contribution in [0.25, 0.3) is 0 Å². The highest BCUT2D eigenvalue weighted by atomic mass is 16.6. The van der Waals surface area contributed by atoms with Gasteiger partial charge in [-0.05, 0) is 45.0 Å². The Kier molecular flexibility index (Phi) is 5.24. The fourth-order valence-corrected chi connectivity index (χ4v) is 2.30. The predicted octanol–water partition coefficient (Wildman–Crippen LogP) is 3.62. The van der Waals surface area contributed by atoms with Crippen molar-refractivity contribution in [3.05, 3.63) is 60.7 Å². The minimum atomic E-state index is -1.48. The molecule has 0 amide bonds. The van der Waals surface area contributed by atoms with Gasteiger partial charge in [-0.3, -0.25) is 0 Å². The summed E-state index contributed by atoms with van der Waals surface area (Å²) in [6.45, 7) is 5.12. The summed E-state index contributed by atoms with van der Waals surface area (Å²) in [7, 11) is 0. The van der Waals surface area contributed by atoms with Crippen molar-refractivity contribution in [2.24, 2.45) is 0 Å². The number of ether oxygens (including phenoxy) is 1. The number of esters is 1. The number of benzene rings is 2. The highest BCUT2D eigenvalue weighted by Gasteiger charge is 2.37. The highest BCUT2D eigenvalue weighted by Crippen LogP contribution is 2.29. The number of anilines is 2. The molecule has 0 radical (unpaired) electrons. The van der Waals surface area contributed by atoms with Gasteiger partial charge in [0.05, 0.1) is 0 Å². The van der Waals surface area contributed by atoms with E-state index in [1.54, 1.807) is 69.3 Å². The molecule has 0 aromatic heterocycles. The fraction of sp³-hybridized carbons (Fsp3) is 0.263. The molecule has 24 heavy (non-hydrogen) atoms. The first-order valence-electron chi connectivity index (χ1n) is 7.64. The Bertz CT molecular complexity index is 653. The summed E-state index contributed by atoms with van der Waals surface area (Å²) < 4.78 is 5.32. The molecule has 0 heterocycles. The Morgan fingerprint density at radius 3 is 1.67 bits per heavy atom. The van der Waals surface area contributed by atoms with E-state index in [-0.39, 0.29) is 0 Å². The van der Waals surface area contributed by atoms with Crippen LogP contribution in [0.5, 0.6) is 0 Å². The van der Waals surface area contributed by atoms with Gasteiger partial charge in [0.25, 0.3) is 0 Å². The number of carbonyl (C=O) groups is 2. The quantitative estimate of drug-likeness (QED) is 0.671. The van der Waals surface area contributed by atoms with E-state index in [9.17, 15) is 14.7 Å². The SMILES string of the molecule is CC(C)(C)OC(=O)C(C(=O)O)N(c1ccccc1)c1ccccc1. The van der Waals surface area contributed by atoms with Gasteiger partial charge in [-0.15, -0.1) is 0 Å². The lowest BCUT2D eigenvalue weighted by atomic mass is 10.1. The van der Waals surface area contributed by atoms with E-state index in [0.29, 0.717) is 11.4 Å². The monoisotopic (exact) mass is 327 g/mol. The number of aliphatic carboxylic acids is 1. The van der Waals surface area contributed by atoms with Gasteiger partial charge in [0, 0.05) is 11.4 Å². The van der Waals surface area contributed by atoms with E-state index in [1.807, 2.05) is 12.1 Å². The normalized spacial score (nSPS) is 12.3. The van der Waals surface area contributed by atoms with Crippen LogP contribution in [0.15, 0.2) is 60.7 Å². The third kappa shape index (κ3) is 4.35. The zero-order chi connectivity index (χ0) is 17.7. The summed E-state index contributed by atoms with van der Waals surface area (Å²) in [6.07, 6.45) is 0. The van der Waals surface area contributed by atoms with E-state index in [0.717, 1.165) is 0 Å². The minimum Gasteiger partial charge on any atom is -0.479 e. The summed E-state index contributed by atoms with van der Waals surface area (Å²) in [4.78, 5) is 25.9. The van der Waals surface area contributed by atoms with Crippen molar-refractivity contribution in [3.63, 3.8) is 0 Å². The minimum absolute atomic E-state index is 0.599. The topological polar surface area (TPSA) is 66.8 Å². The van der Waals surface area contributed by atoms with Gasteiger partial charge in [-0.2, -0.15) is 0 Å². The molecule has 1 atom stereocenters. The zero-order valence-corrected chi connectivity index (χ0v) is 14.0. The van der Waals surface area contributed by atoms with Gasteiger partial charge in [0.1, 0.15) is 5.60 Å². The molecule has 0 spiro atoms. The Morgan fingerprint density at radius 1 is 0.917 bits per heavy atom. The van der Waals surface area contributed by atoms with Crippen molar-refractivity contribution in [2.75, 3.05) is 4.90 Å². The first-order valence-corrected chi connectivity index (χ1v) is 7.64. The van der Waals surface area contributed by atoms with Crippen molar-refractivity contribution in [1.29, 1.82) is 0 Å². The van der Waals surface area contributed by atoms with Gasteiger partial charge in [0.15, 0.2) is 0 Å². The van der Waals surface area contributed by atoms with Crippen LogP contribution in [0.3, 0.4) is 0 Å². The average Bonchev–Trinajstić information content (AvgIpc) is 2.52. The third-order valence-corrected chi connectivity index (χ3v) is 3.19. The number of para-hydroxylation sites is 2. The molecular weight excluding hydrogens is 306 g/mol. The van der Waals surface area contributed by atoms with Crippen LogP contribution in [0.1, 0.15) is 20.8 Å². The number of carboxylic acid groups (broad SMARTS) is 1. The van der Waals surface area contributed by atoms with Crippen LogP contribution in [-0.4, -0.2) is 28.7 Å². The largest absolute Gasteiger partial charge is 0.479 e. The fourth-order valence-electron chi connectivity index (χ4n) is 2.30. The molecule has 126 valence electrons. The third-order valence-electron chi connectivity index (χ3n) is 3.19. The highest BCUT2D eigenvalue weighted by molar-refractivity contribution is 6.03. The van der Waals surface area contributed by atoms with Crippen LogP contribution in [-0.2, 0) is 14.3 Å². The Balaban J connectivity index is 2.51. The Labute approximate surface area is 141 Å². The maximum absolute atomic E-state index is 12.5. The smallest absolute Gasteiger partial charge is 0.341 e. The molecule has 0 aliphatic heterocycles. The van der Waals surface area contributed by atoms with E-state index in [4.69, 9.17) is 4.74 Å². The Morgan fingerprint density at radius 2 is 1.33 bits per heavy atom. The molecule has 0 saturated carbocycles. The molecular formula is C19H21NO4. The van der Waals surface area contributed by atoms with Crippen molar-refractivity contribution >= 4 is 23.3 Å². The van der Waals surface area contributed by atoms with Crippen LogP contribution in [0.2, 0.25) is 0 Å². The molecule has 0 bridgehead atoms. The second-order valence-corrected chi connectivity index (χ2v) is 6.32. The van der Waals surface area contributed by atoms with Crippen LogP contribution >= 0.6 is 0 Å². The maximum Gasteiger partial charge on any atom is 0.341 e. The van der Waals surface area contributed by atoms with Gasteiger partial charge in [-0.25, -0.2) is 9.59 Å². The number of carbonyl (C=O) groups excluding carboxylic acids is 1. The summed E-state index contributed by atoms with van der Waals surface area (Å²) in [5.41, 5.74) is 0.424. The molecule has 0 aliphatic rings. The van der Waals surface area contributed by atoms with Gasteiger partial charge in [-0.1, -0.05) is 36.4 Å². The van der Waals surface area contributed by atoms with Crippen molar-refractivity contribution in [2.45, 2.75) is 32.4 Å². The number of nitrogens with zero attached hydrogens (tertiary/aromatic N) is 1. The molecule has 5 nitrogen and oxygen atoms in total. The van der Waals surface area contributed by atoms with E-state index in [2.05, 4.69) is 0 Å². The van der Waals surface area contributed by atoms with Gasteiger partial charge < -0.3 is 14.7 Å². The molecule has 0 fully saturated rings. The first kappa shape index (κ1) is 17.5. The standard InChI is InChI=1S/C19H21NO4/c1-19(2,3)24-18(23)16(17(21)22)20(14-10-6-4-7-11-14)15-12-8-5-9-13-15/h4-13,16H,1-3H3,(H,21,22). The van der Waals surface area contributed by atoms with Crippen molar-refractivity contribution in [3.8, 4) is 0 Å². The second-order valence-electron chi connectivity index (χ2n) is 6.32. The zero-order valence-electron chi connectivity index (χ0n) is 14.0. The molecule has 2 rings (SSSR count). The molecule has 0 aliphatic carbocycles. The van der Waals surface area contributed by atoms with Crippen LogP contribution < -0.4 is 4.90 Å². The van der Waals surface area contributed by atoms with Gasteiger partial charge in [0.2, 0.25) is 6.04 Å². The molecule has 2 aromatic carbocycles. The maximum atomic E-state index is 12.5. The molecule has 1 N–H and O–H groups in total. The van der Waals surface area contributed by atoms with E-state index < -0.39 is 23.6 Å². The van der Waals surface area contributed by atoms with E-state index in [1.165, 1.54) is 4.90 Å². The van der Waals surface area contributed by atoms with Crippen molar-refractivity contribution in [1.82, 2.24) is 0 Å². The lowest BCUT2D eigenvalue weighted by Gasteiger charge is -2.31. The van der Waals surface area contributed by atoms with Crippen LogP contribution in [0.4, 0.5) is 11.4 Å². The molecule has 5 heteroatoms. The Hall–Kier alpha value is -2.82. The summed E-state index contributed by atoms with van der Waals surface area (Å²) in [6, 6.07) is 16.4. The number of carboxylic acids is 1. The lowest BCUT2D eigenvalue weighted by molar-refractivity contribution is -0.161. The number of hydrogen-bond donors (Lipinski definition) is 1. The molecule has 2 aromatic rings. The second kappa shape index (κ2) is 7.17. The van der Waals surface area contributed by atoms with E-state index >= 15 is 0 Å². The predicted molar refractivity (Wildman–Crippen MR) is 92.3 cm³/mol. The molecule has 0 saturated heterocycles. The van der Waals surface area contributed by atoms with Gasteiger partial charge >= 0.3 is 11.9 Å². The summed E-state index contributed by atoms with van der Waals surface area (Å²) in [5.74, 6) is -2.07. The first-order chi connectivity index (χ1) is 11.3. The lowest BCUT2D eigenvalue weighted by Crippen LogP contribution is -2.47.